The van der Waals surface area contributed by atoms with E-state index in [0.717, 1.165) is 4.68 Å². The summed E-state index contributed by atoms with van der Waals surface area (Å²) in [5.74, 6) is -2.79. The summed E-state index contributed by atoms with van der Waals surface area (Å²) in [6.07, 6.45) is -0.701. The molecule has 1 saturated carbocycles. The zero-order valence-electron chi connectivity index (χ0n) is 20.2. The van der Waals surface area contributed by atoms with E-state index < -0.39 is 42.4 Å². The molecule has 2 saturated heterocycles. The number of pyridine rings is 1. The molecule has 0 aromatic carbocycles. The van der Waals surface area contributed by atoms with Crippen LogP contribution >= 0.6 is 0 Å². The van der Waals surface area contributed by atoms with E-state index in [4.69, 9.17) is 0 Å². The van der Waals surface area contributed by atoms with Crippen LogP contribution in [0.4, 0.5) is 42.6 Å². The summed E-state index contributed by atoms with van der Waals surface area (Å²) >= 11 is 0. The van der Waals surface area contributed by atoms with Crippen molar-refractivity contribution in [3.63, 3.8) is 0 Å². The van der Waals surface area contributed by atoms with Gasteiger partial charge in [0.15, 0.2) is 5.82 Å². The maximum absolute atomic E-state index is 14.1. The van der Waals surface area contributed by atoms with Crippen molar-refractivity contribution in [1.29, 1.82) is 0 Å². The third-order valence-electron chi connectivity index (χ3n) is 7.41. The molecule has 0 bridgehead atoms. The van der Waals surface area contributed by atoms with Crippen LogP contribution in [0.3, 0.4) is 0 Å². The predicted octanol–water partition coefficient (Wildman–Crippen LogP) is 4.73. The summed E-state index contributed by atoms with van der Waals surface area (Å²) in [7, 11) is 0. The second kappa shape index (κ2) is 7.99. The number of fused-ring (bicyclic) bond motifs is 1. The quantitative estimate of drug-likeness (QED) is 0.465. The molecular formula is C23H24F6N8O. The first kappa shape index (κ1) is 24.8. The molecule has 15 heteroatoms. The number of amides is 2. The van der Waals surface area contributed by atoms with Crippen molar-refractivity contribution in [2.45, 2.75) is 62.5 Å². The number of piperidine rings is 1. The lowest BCUT2D eigenvalue weighted by Gasteiger charge is -2.42. The Morgan fingerprint density at radius 2 is 1.82 bits per heavy atom. The number of likely N-dealkylation sites (tertiary alicyclic amines) is 1. The minimum atomic E-state index is -4.56. The van der Waals surface area contributed by atoms with Crippen LogP contribution in [0.2, 0.25) is 0 Å². The molecule has 6 rings (SSSR count). The van der Waals surface area contributed by atoms with Crippen molar-refractivity contribution in [2.75, 3.05) is 29.9 Å². The Morgan fingerprint density at radius 1 is 1.11 bits per heavy atom. The van der Waals surface area contributed by atoms with Crippen molar-refractivity contribution >= 4 is 28.4 Å². The third-order valence-corrected chi connectivity index (χ3v) is 7.41. The Labute approximate surface area is 212 Å². The lowest BCUT2D eigenvalue weighted by atomic mass is 9.97. The van der Waals surface area contributed by atoms with Gasteiger partial charge in [0, 0.05) is 18.2 Å². The SMILES string of the molecule is CC1(F)CN(c2nn(CC(F)(F)F)c3cc(-c4[nH]ncc4NC(=O)N4CC(F)(F)CCC45CC5)ncc23)C1. The first-order valence-corrected chi connectivity index (χ1v) is 12.1. The number of H-pyrrole nitrogens is 1. The van der Waals surface area contributed by atoms with E-state index in [-0.39, 0.29) is 54.3 Å². The normalized spacial score (nSPS) is 21.6. The standard InChI is InChI=1S/C23H24F6N8O/c1-20(24)9-35(10-20)18-13-7-30-14(6-16(13)37(34-18)12-23(27,28)29)17-15(8-31-33-17)32-19(38)36-11-22(25,26)5-4-21(36)2-3-21/h6-8H,2-5,9-12H2,1H3,(H,31,33)(H,32,38). The lowest BCUT2D eigenvalue weighted by Crippen LogP contribution is -2.57. The average Bonchev–Trinajstić information content (AvgIpc) is 3.29. The monoisotopic (exact) mass is 542 g/mol. The average molecular weight is 542 g/mol. The zero-order valence-corrected chi connectivity index (χ0v) is 20.2. The first-order chi connectivity index (χ1) is 17.7. The zero-order chi connectivity index (χ0) is 27.1. The molecule has 3 aromatic heterocycles. The molecule has 204 valence electrons. The van der Waals surface area contributed by atoms with Crippen molar-refractivity contribution in [3.05, 3.63) is 18.5 Å². The largest absolute Gasteiger partial charge is 0.408 e. The van der Waals surface area contributed by atoms with Crippen molar-refractivity contribution in [2.24, 2.45) is 0 Å². The number of nitrogens with zero attached hydrogens (tertiary/aromatic N) is 6. The summed E-state index contributed by atoms with van der Waals surface area (Å²) in [5.41, 5.74) is -1.44. The van der Waals surface area contributed by atoms with Crippen LogP contribution in [0.25, 0.3) is 22.3 Å². The molecule has 2 amide bonds. The fourth-order valence-electron chi connectivity index (χ4n) is 5.35. The minimum absolute atomic E-state index is 0.0132. The Morgan fingerprint density at radius 3 is 2.47 bits per heavy atom. The van der Waals surface area contributed by atoms with E-state index >= 15 is 0 Å². The Bertz CT molecular complexity index is 1400. The molecule has 5 heterocycles. The van der Waals surface area contributed by atoms with Gasteiger partial charge in [0.05, 0.1) is 48.1 Å². The number of urea groups is 1. The second-order valence-corrected chi connectivity index (χ2v) is 10.7. The summed E-state index contributed by atoms with van der Waals surface area (Å²) in [6, 6.07) is 0.661. The van der Waals surface area contributed by atoms with Gasteiger partial charge in [-0.05, 0) is 32.3 Å². The topological polar surface area (TPSA) is 95.0 Å². The summed E-state index contributed by atoms with van der Waals surface area (Å²) < 4.78 is 83.0. The molecule has 38 heavy (non-hydrogen) atoms. The molecular weight excluding hydrogens is 518 g/mol. The van der Waals surface area contributed by atoms with Crippen molar-refractivity contribution < 1.29 is 31.1 Å². The van der Waals surface area contributed by atoms with Gasteiger partial charge in [0.25, 0.3) is 5.92 Å². The highest BCUT2D eigenvalue weighted by molar-refractivity contribution is 5.96. The van der Waals surface area contributed by atoms with Gasteiger partial charge >= 0.3 is 12.2 Å². The maximum atomic E-state index is 14.1. The van der Waals surface area contributed by atoms with Gasteiger partial charge < -0.3 is 15.1 Å². The van der Waals surface area contributed by atoms with Gasteiger partial charge in [-0.1, -0.05) is 0 Å². The van der Waals surface area contributed by atoms with E-state index in [2.05, 4.69) is 25.6 Å². The Hall–Kier alpha value is -3.52. The van der Waals surface area contributed by atoms with Crippen LogP contribution in [0, 0.1) is 0 Å². The number of aromatic amines is 1. The highest BCUT2D eigenvalue weighted by Crippen LogP contribution is 2.51. The van der Waals surface area contributed by atoms with E-state index in [9.17, 15) is 31.1 Å². The molecule has 1 spiro atoms. The number of alkyl halides is 6. The molecule has 3 fully saturated rings. The predicted molar refractivity (Wildman–Crippen MR) is 125 cm³/mol. The second-order valence-electron chi connectivity index (χ2n) is 10.7. The van der Waals surface area contributed by atoms with Gasteiger partial charge in [-0.2, -0.15) is 23.4 Å². The van der Waals surface area contributed by atoms with Crippen LogP contribution in [-0.4, -0.2) is 78.8 Å². The summed E-state index contributed by atoms with van der Waals surface area (Å²) in [4.78, 5) is 20.1. The van der Waals surface area contributed by atoms with Crippen LogP contribution in [-0.2, 0) is 6.54 Å². The number of aromatic nitrogens is 5. The molecule has 9 nitrogen and oxygen atoms in total. The highest BCUT2D eigenvalue weighted by Gasteiger charge is 2.57. The van der Waals surface area contributed by atoms with Crippen LogP contribution < -0.4 is 10.2 Å². The molecule has 0 radical (unpaired) electrons. The van der Waals surface area contributed by atoms with Crippen LogP contribution in [0.15, 0.2) is 18.5 Å². The van der Waals surface area contributed by atoms with Gasteiger partial charge in [-0.25, -0.2) is 18.0 Å². The number of hydrogen-bond donors (Lipinski definition) is 2. The Balaban J connectivity index is 1.31. The van der Waals surface area contributed by atoms with Crippen molar-refractivity contribution in [1.82, 2.24) is 29.9 Å². The molecule has 2 aliphatic heterocycles. The highest BCUT2D eigenvalue weighted by atomic mass is 19.4. The van der Waals surface area contributed by atoms with E-state index in [0.29, 0.717) is 18.2 Å². The number of carbonyl (C=O) groups excluding carboxylic acids is 1. The maximum Gasteiger partial charge on any atom is 0.408 e. The number of carbonyl (C=O) groups is 1. The number of rotatable bonds is 4. The molecule has 0 unspecified atom stereocenters. The van der Waals surface area contributed by atoms with E-state index in [1.165, 1.54) is 30.3 Å². The molecule has 3 aromatic rings. The van der Waals surface area contributed by atoms with Gasteiger partial charge in [-0.15, -0.1) is 0 Å². The minimum Gasteiger partial charge on any atom is -0.348 e. The molecule has 1 aliphatic carbocycles. The Kier molecular flexibility index (Phi) is 5.21. The fourth-order valence-corrected chi connectivity index (χ4v) is 5.35. The third kappa shape index (κ3) is 4.41. The number of halogens is 6. The first-order valence-electron chi connectivity index (χ1n) is 12.1. The molecule has 2 N–H and O–H groups in total. The van der Waals surface area contributed by atoms with Crippen LogP contribution in [0.5, 0.6) is 0 Å². The number of hydrogen-bond acceptors (Lipinski definition) is 5. The van der Waals surface area contributed by atoms with Gasteiger partial charge in [-0.3, -0.25) is 14.8 Å². The smallest absolute Gasteiger partial charge is 0.348 e. The van der Waals surface area contributed by atoms with E-state index in [1.807, 2.05) is 0 Å². The van der Waals surface area contributed by atoms with Gasteiger partial charge in [0.1, 0.15) is 17.9 Å². The number of nitrogens with one attached hydrogen (secondary N) is 2. The van der Waals surface area contributed by atoms with E-state index in [1.54, 1.807) is 4.90 Å². The summed E-state index contributed by atoms with van der Waals surface area (Å²) in [6.45, 7) is -0.685. The van der Waals surface area contributed by atoms with Gasteiger partial charge in [0.2, 0.25) is 0 Å². The molecule has 0 atom stereocenters. The summed E-state index contributed by atoms with van der Waals surface area (Å²) in [5, 5.41) is 13.6. The fraction of sp³-hybridized carbons (Fsp3) is 0.565. The molecule has 3 aliphatic rings. The van der Waals surface area contributed by atoms with Crippen LogP contribution in [0.1, 0.15) is 32.6 Å². The number of anilines is 2. The lowest BCUT2D eigenvalue weighted by molar-refractivity contribution is -0.141. The van der Waals surface area contributed by atoms with Crippen molar-refractivity contribution in [3.8, 4) is 11.4 Å².